The lowest BCUT2D eigenvalue weighted by Gasteiger charge is -1.98. The van der Waals surface area contributed by atoms with Gasteiger partial charge < -0.3 is 0 Å². The van der Waals surface area contributed by atoms with Crippen molar-refractivity contribution in [1.29, 1.82) is 0 Å². The molecule has 1 aliphatic heterocycles. The molecule has 1 atom stereocenters. The minimum absolute atomic E-state index is 0.535. The van der Waals surface area contributed by atoms with Gasteiger partial charge in [-0.25, -0.2) is 9.67 Å². The summed E-state index contributed by atoms with van der Waals surface area (Å²) in [6.45, 7) is 2.15. The lowest BCUT2D eigenvalue weighted by Crippen LogP contribution is -2.02. The van der Waals surface area contributed by atoms with Crippen molar-refractivity contribution in [2.24, 2.45) is 0 Å². The minimum atomic E-state index is 0.535. The number of aromatic nitrogens is 3. The zero-order chi connectivity index (χ0) is 6.27. The van der Waals surface area contributed by atoms with Gasteiger partial charge in [0.1, 0.15) is 6.33 Å². The van der Waals surface area contributed by atoms with Crippen molar-refractivity contribution in [2.75, 3.05) is 5.75 Å². The fraction of sp³-hybridized carbons (Fsp3) is 0.600. The summed E-state index contributed by atoms with van der Waals surface area (Å²) in [4.78, 5) is 4.06. The van der Waals surface area contributed by atoms with E-state index in [1.807, 2.05) is 4.68 Å². The van der Waals surface area contributed by atoms with Crippen LogP contribution in [0.1, 0.15) is 13.0 Å². The predicted octanol–water partition coefficient (Wildman–Crippen LogP) is 0.945. The van der Waals surface area contributed by atoms with Crippen molar-refractivity contribution in [2.45, 2.75) is 18.1 Å². The summed E-state index contributed by atoms with van der Waals surface area (Å²) in [6, 6.07) is 0.535. The molecule has 1 aliphatic rings. The van der Waals surface area contributed by atoms with E-state index in [1.54, 1.807) is 18.1 Å². The Balaban J connectivity index is 2.49. The molecular formula is C5H7N3S. The number of thioether (sulfide) groups is 1. The number of nitrogens with zero attached hydrogens (tertiary/aromatic N) is 3. The van der Waals surface area contributed by atoms with E-state index in [-0.39, 0.29) is 0 Å². The first-order valence-corrected chi connectivity index (χ1v) is 3.89. The monoisotopic (exact) mass is 141 g/mol. The van der Waals surface area contributed by atoms with Crippen molar-refractivity contribution in [3.8, 4) is 0 Å². The lowest BCUT2D eigenvalue weighted by atomic mass is 10.4. The van der Waals surface area contributed by atoms with Crippen LogP contribution in [-0.4, -0.2) is 20.5 Å². The Hall–Kier alpha value is -0.510. The highest BCUT2D eigenvalue weighted by atomic mass is 32.2. The van der Waals surface area contributed by atoms with Crippen LogP contribution in [0, 0.1) is 0 Å². The van der Waals surface area contributed by atoms with Gasteiger partial charge in [-0.15, -0.1) is 0 Å². The molecule has 48 valence electrons. The fourth-order valence-corrected chi connectivity index (χ4v) is 1.92. The second-order valence-electron chi connectivity index (χ2n) is 2.15. The van der Waals surface area contributed by atoms with E-state index in [0.717, 1.165) is 10.9 Å². The highest BCUT2D eigenvalue weighted by Crippen LogP contribution is 2.29. The van der Waals surface area contributed by atoms with Gasteiger partial charge in [-0.3, -0.25) is 0 Å². The number of rotatable bonds is 0. The Kier molecular flexibility index (Phi) is 1.02. The van der Waals surface area contributed by atoms with Gasteiger partial charge in [-0.2, -0.15) is 5.10 Å². The maximum absolute atomic E-state index is 4.06. The first kappa shape index (κ1) is 5.29. The van der Waals surface area contributed by atoms with E-state index >= 15 is 0 Å². The molecule has 4 heteroatoms. The van der Waals surface area contributed by atoms with Crippen LogP contribution in [-0.2, 0) is 0 Å². The third kappa shape index (κ3) is 0.660. The second kappa shape index (κ2) is 1.73. The van der Waals surface area contributed by atoms with Crippen LogP contribution in [0.25, 0.3) is 0 Å². The topological polar surface area (TPSA) is 30.7 Å². The molecule has 1 aromatic heterocycles. The van der Waals surface area contributed by atoms with E-state index in [9.17, 15) is 0 Å². The highest BCUT2D eigenvalue weighted by molar-refractivity contribution is 7.99. The molecule has 1 unspecified atom stereocenters. The zero-order valence-corrected chi connectivity index (χ0v) is 5.93. The quantitative estimate of drug-likeness (QED) is 0.539. The largest absolute Gasteiger partial charge is 0.237 e. The van der Waals surface area contributed by atoms with Gasteiger partial charge in [0.2, 0.25) is 0 Å². The van der Waals surface area contributed by atoms with E-state index in [0.29, 0.717) is 6.04 Å². The normalized spacial score (nSPS) is 24.3. The predicted molar refractivity (Wildman–Crippen MR) is 35.5 cm³/mol. The molecule has 2 rings (SSSR count). The van der Waals surface area contributed by atoms with Gasteiger partial charge in [-0.1, -0.05) is 11.8 Å². The third-order valence-corrected chi connectivity index (χ3v) is 2.61. The van der Waals surface area contributed by atoms with Gasteiger partial charge in [0.05, 0.1) is 6.04 Å². The molecule has 0 aliphatic carbocycles. The average molecular weight is 141 g/mol. The summed E-state index contributed by atoms with van der Waals surface area (Å²) < 4.78 is 1.96. The molecule has 0 aromatic carbocycles. The average Bonchev–Trinajstić information content (AvgIpc) is 2.35. The van der Waals surface area contributed by atoms with Crippen LogP contribution in [0.15, 0.2) is 11.5 Å². The summed E-state index contributed by atoms with van der Waals surface area (Å²) in [6.07, 6.45) is 1.61. The van der Waals surface area contributed by atoms with Crippen LogP contribution in [0.2, 0.25) is 0 Å². The Bertz CT molecular complexity index is 220. The lowest BCUT2D eigenvalue weighted by molar-refractivity contribution is 0.514. The molecule has 0 N–H and O–H groups in total. The maximum atomic E-state index is 4.06. The first-order chi connectivity index (χ1) is 4.38. The van der Waals surface area contributed by atoms with Crippen LogP contribution in [0.4, 0.5) is 0 Å². The molecule has 0 saturated heterocycles. The Morgan fingerprint density at radius 3 is 3.56 bits per heavy atom. The first-order valence-electron chi connectivity index (χ1n) is 2.90. The molecule has 1 aromatic rings. The molecule has 0 bridgehead atoms. The summed E-state index contributed by atoms with van der Waals surface area (Å²) in [5, 5.41) is 5.12. The molecular weight excluding hydrogens is 134 g/mol. The van der Waals surface area contributed by atoms with Gasteiger partial charge in [0, 0.05) is 5.75 Å². The molecule has 2 heterocycles. The molecule has 3 nitrogen and oxygen atoms in total. The summed E-state index contributed by atoms with van der Waals surface area (Å²) in [5.74, 6) is 1.12. The van der Waals surface area contributed by atoms with Gasteiger partial charge in [-0.05, 0) is 6.92 Å². The Morgan fingerprint density at radius 1 is 1.89 bits per heavy atom. The van der Waals surface area contributed by atoms with Crippen molar-refractivity contribution in [1.82, 2.24) is 14.8 Å². The van der Waals surface area contributed by atoms with Crippen LogP contribution < -0.4 is 0 Å². The van der Waals surface area contributed by atoms with E-state index in [4.69, 9.17) is 0 Å². The number of hydrogen-bond acceptors (Lipinski definition) is 3. The van der Waals surface area contributed by atoms with Crippen LogP contribution in [0.5, 0.6) is 0 Å². The molecule has 0 saturated carbocycles. The van der Waals surface area contributed by atoms with Crippen molar-refractivity contribution < 1.29 is 0 Å². The fourth-order valence-electron chi connectivity index (χ4n) is 0.911. The van der Waals surface area contributed by atoms with Crippen molar-refractivity contribution >= 4 is 11.8 Å². The minimum Gasteiger partial charge on any atom is -0.237 e. The molecule has 0 spiro atoms. The van der Waals surface area contributed by atoms with Crippen LogP contribution in [0.3, 0.4) is 0 Å². The van der Waals surface area contributed by atoms with Crippen molar-refractivity contribution in [3.63, 3.8) is 0 Å². The SMILES string of the molecule is CC1CSc2ncnn21. The van der Waals surface area contributed by atoms with Gasteiger partial charge >= 0.3 is 0 Å². The van der Waals surface area contributed by atoms with Gasteiger partial charge in [0.25, 0.3) is 0 Å². The molecule has 0 amide bonds. The number of hydrogen-bond donors (Lipinski definition) is 0. The molecule has 0 radical (unpaired) electrons. The van der Waals surface area contributed by atoms with Crippen LogP contribution >= 0.6 is 11.8 Å². The zero-order valence-electron chi connectivity index (χ0n) is 5.11. The highest BCUT2D eigenvalue weighted by Gasteiger charge is 2.19. The Labute approximate surface area is 57.5 Å². The molecule has 9 heavy (non-hydrogen) atoms. The standard InChI is InChI=1S/C5H7N3S/c1-4-2-9-5-6-3-7-8(4)5/h3-4H,2H2,1H3. The number of fused-ring (bicyclic) bond motifs is 1. The summed E-state index contributed by atoms with van der Waals surface area (Å²) in [5.41, 5.74) is 0. The summed E-state index contributed by atoms with van der Waals surface area (Å²) >= 11 is 1.77. The van der Waals surface area contributed by atoms with Gasteiger partial charge in [0.15, 0.2) is 5.16 Å². The third-order valence-electron chi connectivity index (χ3n) is 1.41. The maximum Gasteiger partial charge on any atom is 0.186 e. The molecule has 0 fully saturated rings. The summed E-state index contributed by atoms with van der Waals surface area (Å²) in [7, 11) is 0. The van der Waals surface area contributed by atoms with E-state index < -0.39 is 0 Å². The van der Waals surface area contributed by atoms with E-state index in [2.05, 4.69) is 17.0 Å². The van der Waals surface area contributed by atoms with E-state index in [1.165, 1.54) is 0 Å². The Morgan fingerprint density at radius 2 is 2.78 bits per heavy atom. The smallest absolute Gasteiger partial charge is 0.186 e. The van der Waals surface area contributed by atoms with Crippen molar-refractivity contribution in [3.05, 3.63) is 6.33 Å². The second-order valence-corrected chi connectivity index (χ2v) is 3.13.